The van der Waals surface area contributed by atoms with E-state index in [9.17, 15) is 79.2 Å². The molecule has 0 aromatic rings. The fourth-order valence-electron chi connectivity index (χ4n) is 5.01. The van der Waals surface area contributed by atoms with Crippen LogP contribution in [-0.2, 0) is 90.5 Å². The third-order valence-corrected chi connectivity index (χ3v) is 6.81. The minimum atomic E-state index is -2.22. The van der Waals surface area contributed by atoms with Gasteiger partial charge in [-0.1, -0.05) is 0 Å². The summed E-state index contributed by atoms with van der Waals surface area (Å²) >= 11 is 0. The SMILES string of the molecule is O=C([O-])COCC1OC(OC2C(COCC(=O)[O-])OC(OCC(=O)[O-])C(OCC(=O)[O-])C2OCC(=O)[O-])C(OCC(=O)[O-])C(OCC(=O)[O-])C1OCC(=O)[O-].[Na+].[Na+].[Na+].[Na+].[Na+].[Na+].[Na+].[Na+]. The van der Waals surface area contributed by atoms with Crippen LogP contribution in [0.25, 0.3) is 0 Å². The summed E-state index contributed by atoms with van der Waals surface area (Å²) in [6.07, 6.45) is -20.0. The maximum atomic E-state index is 11.5. The number of carbonyl (C=O) groups is 8. The summed E-state index contributed by atoms with van der Waals surface area (Å²) in [5.41, 5.74) is 0. The number of rotatable bonds is 28. The molecule has 2 fully saturated rings. The Labute approximate surface area is 534 Å². The van der Waals surface area contributed by atoms with Gasteiger partial charge in [0.15, 0.2) is 12.6 Å². The van der Waals surface area contributed by atoms with Gasteiger partial charge in [-0.15, -0.1) is 0 Å². The third-order valence-electron chi connectivity index (χ3n) is 6.81. The van der Waals surface area contributed by atoms with Gasteiger partial charge in [0.2, 0.25) is 0 Å². The number of carboxylic acid groups (broad SMARTS) is 8. The van der Waals surface area contributed by atoms with Crippen molar-refractivity contribution in [2.45, 2.75) is 61.4 Å². The summed E-state index contributed by atoms with van der Waals surface area (Å²) in [5, 5.41) is 90.3. The Balaban J connectivity index is -0.000000784. The van der Waals surface area contributed by atoms with Gasteiger partial charge in [0, 0.05) is 0 Å². The van der Waals surface area contributed by atoms with E-state index in [4.69, 9.17) is 52.1 Å². The fourth-order valence-corrected chi connectivity index (χ4v) is 5.01. The molecular formula is C28H30Na8O27. The zero-order chi connectivity index (χ0) is 41.2. The van der Waals surface area contributed by atoms with Crippen LogP contribution >= 0.6 is 0 Å². The van der Waals surface area contributed by atoms with Crippen LogP contribution in [0.1, 0.15) is 0 Å². The van der Waals surface area contributed by atoms with Gasteiger partial charge >= 0.3 is 236 Å². The average molecular weight is 982 g/mol. The molecule has 63 heavy (non-hydrogen) atoms. The first-order chi connectivity index (χ1) is 25.9. The maximum Gasteiger partial charge on any atom is 1.00 e. The van der Waals surface area contributed by atoms with Crippen molar-refractivity contribution >= 4 is 47.8 Å². The van der Waals surface area contributed by atoms with Gasteiger partial charge in [-0.25, -0.2) is 0 Å². The first-order valence-electron chi connectivity index (χ1n) is 15.3. The Morgan fingerprint density at radius 2 is 0.571 bits per heavy atom. The Bertz CT molecular complexity index is 1370. The first-order valence-corrected chi connectivity index (χ1v) is 15.3. The van der Waals surface area contributed by atoms with Crippen LogP contribution in [0.2, 0.25) is 0 Å². The Hall–Kier alpha value is 3.32. The second kappa shape index (κ2) is 44.1. The van der Waals surface area contributed by atoms with Gasteiger partial charge in [0.1, 0.15) is 48.8 Å². The van der Waals surface area contributed by atoms with Crippen molar-refractivity contribution < 1.29 is 368 Å². The number of ether oxygens (including phenoxy) is 11. The fraction of sp³-hybridized carbons (Fsp3) is 0.714. The molecule has 2 heterocycles. The largest absolute Gasteiger partial charge is 1.00 e. The van der Waals surface area contributed by atoms with Gasteiger partial charge in [-0.2, -0.15) is 0 Å². The van der Waals surface area contributed by atoms with Crippen LogP contribution in [0.3, 0.4) is 0 Å². The van der Waals surface area contributed by atoms with E-state index in [2.05, 4.69) is 0 Å². The molecule has 0 N–H and O–H groups in total. The molecule has 0 radical (unpaired) electrons. The number of hydrogen-bond donors (Lipinski definition) is 0. The minimum Gasteiger partial charge on any atom is -0.548 e. The van der Waals surface area contributed by atoms with Gasteiger partial charge in [0.25, 0.3) is 0 Å². The van der Waals surface area contributed by atoms with Crippen LogP contribution in [0.15, 0.2) is 0 Å². The molecule has 312 valence electrons. The molecule has 2 aliphatic rings. The number of hydrogen-bond acceptors (Lipinski definition) is 27. The molecule has 0 saturated carbocycles. The first kappa shape index (κ1) is 80.4. The minimum absolute atomic E-state index is 0. The van der Waals surface area contributed by atoms with Gasteiger partial charge in [-0.05, 0) is 0 Å². The van der Waals surface area contributed by atoms with Crippen molar-refractivity contribution in [3.05, 3.63) is 0 Å². The molecule has 27 nitrogen and oxygen atoms in total. The molecule has 10 atom stereocenters. The van der Waals surface area contributed by atoms with E-state index in [1.807, 2.05) is 0 Å². The van der Waals surface area contributed by atoms with E-state index in [1.165, 1.54) is 0 Å². The molecule has 0 aliphatic carbocycles. The second-order valence-corrected chi connectivity index (χ2v) is 10.9. The second-order valence-electron chi connectivity index (χ2n) is 10.9. The molecule has 0 spiro atoms. The molecule has 35 heteroatoms. The van der Waals surface area contributed by atoms with E-state index in [-0.39, 0.29) is 236 Å². The summed E-state index contributed by atoms with van der Waals surface area (Å²) in [6.45, 7) is -12.1. The summed E-state index contributed by atoms with van der Waals surface area (Å²) in [5.74, 6) is -15.0. The Morgan fingerprint density at radius 1 is 0.317 bits per heavy atom. The van der Waals surface area contributed by atoms with Crippen LogP contribution < -0.4 is 277 Å². The van der Waals surface area contributed by atoms with Crippen molar-refractivity contribution in [1.82, 2.24) is 0 Å². The smallest absolute Gasteiger partial charge is 0.548 e. The number of carboxylic acids is 8. The molecule has 2 rings (SSSR count). The summed E-state index contributed by atoms with van der Waals surface area (Å²) < 4.78 is 58.7. The van der Waals surface area contributed by atoms with E-state index in [1.54, 1.807) is 0 Å². The zero-order valence-electron chi connectivity index (χ0n) is 35.9. The van der Waals surface area contributed by atoms with Crippen molar-refractivity contribution in [1.29, 1.82) is 0 Å². The van der Waals surface area contributed by atoms with E-state index in [0.717, 1.165) is 0 Å². The Morgan fingerprint density at radius 3 is 0.921 bits per heavy atom. The summed E-state index contributed by atoms with van der Waals surface area (Å²) in [4.78, 5) is 90.3. The van der Waals surface area contributed by atoms with Crippen LogP contribution in [-0.4, -0.2) is 175 Å². The van der Waals surface area contributed by atoms with Crippen molar-refractivity contribution in [2.24, 2.45) is 0 Å². The molecule has 2 aliphatic heterocycles. The zero-order valence-corrected chi connectivity index (χ0v) is 51.9. The molecular weight excluding hydrogens is 952 g/mol. The van der Waals surface area contributed by atoms with Gasteiger partial charge in [-0.3, -0.25) is 0 Å². The van der Waals surface area contributed by atoms with E-state index < -0.39 is 175 Å². The normalized spacial score (nSPS) is 24.3. The van der Waals surface area contributed by atoms with Crippen molar-refractivity contribution in [3.8, 4) is 0 Å². The predicted molar refractivity (Wildman–Crippen MR) is 139 cm³/mol. The average Bonchev–Trinajstić information content (AvgIpc) is 3.07. The molecule has 0 amide bonds. The quantitative estimate of drug-likeness (QED) is 0.0657. The topological polar surface area (TPSA) is 423 Å². The van der Waals surface area contributed by atoms with Gasteiger partial charge < -0.3 is 131 Å². The Kier molecular flexibility index (Phi) is 56.2. The van der Waals surface area contributed by atoms with Crippen molar-refractivity contribution in [3.63, 3.8) is 0 Å². The molecule has 0 aromatic carbocycles. The maximum absolute atomic E-state index is 11.5. The summed E-state index contributed by atoms with van der Waals surface area (Å²) in [7, 11) is 0. The predicted octanol–water partition coefficient (Wildman–Crippen LogP) is -39.2. The molecule has 0 aromatic heterocycles. The molecule has 10 unspecified atom stereocenters. The van der Waals surface area contributed by atoms with Crippen LogP contribution in [0, 0.1) is 0 Å². The molecule has 2 saturated heterocycles. The number of carbonyl (C=O) groups excluding carboxylic acids is 8. The molecule has 0 bridgehead atoms. The van der Waals surface area contributed by atoms with Crippen LogP contribution in [0.5, 0.6) is 0 Å². The monoisotopic (exact) mass is 982 g/mol. The van der Waals surface area contributed by atoms with Crippen LogP contribution in [0.4, 0.5) is 0 Å². The standard InChI is InChI=1S/C28H38O27.8Na/c29-13(30)3-45-1-11-21(47-5-15(33)34)23(48-6-16(35)36)26(51-9-19(41)42)28(54-11)55-22-12(2-46-4-14(31)32)53-27(52-10-20(43)44)25(50-8-18(39)40)24(22)49-7-17(37)38;;;;;;;;/h11-12,21-28H,1-10H2,(H,29,30)(H,31,32)(H,33,34)(H,35,36)(H,37,38)(H,39,40)(H,41,42)(H,43,44);;;;;;;;/q;8*+1/p-8. The van der Waals surface area contributed by atoms with Crippen molar-refractivity contribution in [2.75, 3.05) is 66.1 Å². The van der Waals surface area contributed by atoms with E-state index in [0.29, 0.717) is 0 Å². The number of aliphatic carboxylic acids is 8. The van der Waals surface area contributed by atoms with E-state index >= 15 is 0 Å². The third kappa shape index (κ3) is 32.8. The van der Waals surface area contributed by atoms with Gasteiger partial charge in [0.05, 0.1) is 114 Å². The summed E-state index contributed by atoms with van der Waals surface area (Å²) in [6, 6.07) is 0.